The molecule has 1 N–H and O–H groups in total. The van der Waals surface area contributed by atoms with Gasteiger partial charge in [-0.2, -0.15) is 5.26 Å². The minimum absolute atomic E-state index is 0.0383. The second kappa shape index (κ2) is 5.99. The van der Waals surface area contributed by atoms with E-state index in [0.717, 1.165) is 11.3 Å². The van der Waals surface area contributed by atoms with E-state index >= 15 is 0 Å². The van der Waals surface area contributed by atoms with Gasteiger partial charge in [0.2, 0.25) is 0 Å². The van der Waals surface area contributed by atoms with Gasteiger partial charge in [0, 0.05) is 17.7 Å². The van der Waals surface area contributed by atoms with Crippen LogP contribution in [0.1, 0.15) is 18.5 Å². The van der Waals surface area contributed by atoms with Crippen molar-refractivity contribution in [2.45, 2.75) is 13.0 Å². The SMILES string of the molecule is CNC(C)c1ccc(OC)cc1OCC#N. The third kappa shape index (κ3) is 2.88. The monoisotopic (exact) mass is 220 g/mol. The smallest absolute Gasteiger partial charge is 0.174 e. The largest absolute Gasteiger partial charge is 0.497 e. The summed E-state index contributed by atoms with van der Waals surface area (Å²) in [5, 5.41) is 11.7. The third-order valence-electron chi connectivity index (χ3n) is 2.41. The number of ether oxygens (including phenoxy) is 2. The Morgan fingerprint density at radius 1 is 1.50 bits per heavy atom. The number of nitriles is 1. The number of hydrogen-bond acceptors (Lipinski definition) is 4. The summed E-state index contributed by atoms with van der Waals surface area (Å²) in [5.74, 6) is 1.41. The van der Waals surface area contributed by atoms with E-state index in [9.17, 15) is 0 Å². The normalized spacial score (nSPS) is 11.6. The van der Waals surface area contributed by atoms with E-state index in [2.05, 4.69) is 5.32 Å². The van der Waals surface area contributed by atoms with Crippen molar-refractivity contribution < 1.29 is 9.47 Å². The quantitative estimate of drug-likeness (QED) is 0.823. The Morgan fingerprint density at radius 3 is 2.81 bits per heavy atom. The second-order valence-electron chi connectivity index (χ2n) is 3.36. The molecule has 0 saturated carbocycles. The van der Waals surface area contributed by atoms with Crippen molar-refractivity contribution in [3.05, 3.63) is 23.8 Å². The molecule has 0 aliphatic heterocycles. The lowest BCUT2D eigenvalue weighted by Gasteiger charge is -2.16. The average molecular weight is 220 g/mol. The van der Waals surface area contributed by atoms with Gasteiger partial charge in [-0.05, 0) is 20.0 Å². The molecule has 1 atom stereocenters. The maximum absolute atomic E-state index is 8.52. The minimum Gasteiger partial charge on any atom is -0.497 e. The highest BCUT2D eigenvalue weighted by Crippen LogP contribution is 2.29. The molecule has 0 bridgehead atoms. The van der Waals surface area contributed by atoms with Crippen molar-refractivity contribution in [3.63, 3.8) is 0 Å². The molecule has 4 nitrogen and oxygen atoms in total. The van der Waals surface area contributed by atoms with E-state index < -0.39 is 0 Å². The molecule has 86 valence electrons. The highest BCUT2D eigenvalue weighted by molar-refractivity contribution is 5.42. The fraction of sp³-hybridized carbons (Fsp3) is 0.417. The predicted molar refractivity (Wildman–Crippen MR) is 61.6 cm³/mol. The van der Waals surface area contributed by atoms with E-state index in [1.54, 1.807) is 13.2 Å². The van der Waals surface area contributed by atoms with Gasteiger partial charge in [0.1, 0.15) is 17.6 Å². The first-order valence-corrected chi connectivity index (χ1v) is 5.08. The van der Waals surface area contributed by atoms with Gasteiger partial charge in [-0.25, -0.2) is 0 Å². The summed E-state index contributed by atoms with van der Waals surface area (Å²) in [6.07, 6.45) is 0. The van der Waals surface area contributed by atoms with Crippen LogP contribution in [0.3, 0.4) is 0 Å². The molecule has 0 aliphatic carbocycles. The van der Waals surface area contributed by atoms with Crippen molar-refractivity contribution in [1.82, 2.24) is 5.32 Å². The summed E-state index contributed by atoms with van der Waals surface area (Å²) in [4.78, 5) is 0. The Morgan fingerprint density at radius 2 is 2.25 bits per heavy atom. The van der Waals surface area contributed by atoms with Crippen molar-refractivity contribution in [3.8, 4) is 17.6 Å². The van der Waals surface area contributed by atoms with E-state index in [0.29, 0.717) is 5.75 Å². The molecule has 0 saturated heterocycles. The number of hydrogen-bond donors (Lipinski definition) is 1. The zero-order valence-corrected chi connectivity index (χ0v) is 9.78. The summed E-state index contributed by atoms with van der Waals surface area (Å²) in [5.41, 5.74) is 1.01. The first-order valence-electron chi connectivity index (χ1n) is 5.08. The summed E-state index contributed by atoms with van der Waals surface area (Å²) in [6.45, 7) is 2.07. The van der Waals surface area contributed by atoms with Crippen molar-refractivity contribution in [2.24, 2.45) is 0 Å². The Balaban J connectivity index is 3.01. The Labute approximate surface area is 95.8 Å². The number of benzene rings is 1. The Hall–Kier alpha value is -1.73. The van der Waals surface area contributed by atoms with Crippen molar-refractivity contribution in [2.75, 3.05) is 20.8 Å². The van der Waals surface area contributed by atoms with E-state index in [-0.39, 0.29) is 12.6 Å². The first-order chi connectivity index (χ1) is 7.72. The van der Waals surface area contributed by atoms with Crippen molar-refractivity contribution in [1.29, 1.82) is 5.26 Å². The molecular weight excluding hydrogens is 204 g/mol. The average Bonchev–Trinajstić information content (AvgIpc) is 2.34. The van der Waals surface area contributed by atoms with Crippen LogP contribution in [-0.2, 0) is 0 Å². The molecule has 1 unspecified atom stereocenters. The maximum Gasteiger partial charge on any atom is 0.174 e. The molecule has 1 aromatic carbocycles. The second-order valence-corrected chi connectivity index (χ2v) is 3.36. The van der Waals surface area contributed by atoms with Gasteiger partial charge in [0.15, 0.2) is 6.61 Å². The molecule has 0 aromatic heterocycles. The van der Waals surface area contributed by atoms with Crippen LogP contribution in [0.4, 0.5) is 0 Å². The Bertz CT molecular complexity index is 385. The van der Waals surface area contributed by atoms with Gasteiger partial charge in [0.25, 0.3) is 0 Å². The molecule has 0 aliphatic rings. The molecule has 0 heterocycles. The third-order valence-corrected chi connectivity index (χ3v) is 2.41. The van der Waals surface area contributed by atoms with Crippen LogP contribution in [-0.4, -0.2) is 20.8 Å². The van der Waals surface area contributed by atoms with E-state index in [1.165, 1.54) is 0 Å². The van der Waals surface area contributed by atoms with Gasteiger partial charge >= 0.3 is 0 Å². The highest BCUT2D eigenvalue weighted by atomic mass is 16.5. The fourth-order valence-corrected chi connectivity index (χ4v) is 1.39. The highest BCUT2D eigenvalue weighted by Gasteiger charge is 2.11. The summed E-state index contributed by atoms with van der Waals surface area (Å²) < 4.78 is 10.5. The minimum atomic E-state index is 0.0383. The molecule has 1 aromatic rings. The van der Waals surface area contributed by atoms with E-state index in [4.69, 9.17) is 14.7 Å². The lowest BCUT2D eigenvalue weighted by molar-refractivity contribution is 0.353. The van der Waals surface area contributed by atoms with Crippen LogP contribution in [0.5, 0.6) is 11.5 Å². The number of nitrogens with zero attached hydrogens (tertiary/aromatic N) is 1. The maximum atomic E-state index is 8.52. The van der Waals surface area contributed by atoms with Crippen LogP contribution in [0.2, 0.25) is 0 Å². The van der Waals surface area contributed by atoms with Crippen LogP contribution in [0, 0.1) is 11.3 Å². The van der Waals surface area contributed by atoms with Crippen LogP contribution >= 0.6 is 0 Å². The zero-order chi connectivity index (χ0) is 12.0. The van der Waals surface area contributed by atoms with Crippen molar-refractivity contribution >= 4 is 0 Å². The van der Waals surface area contributed by atoms with Crippen LogP contribution < -0.4 is 14.8 Å². The standard InChI is InChI=1S/C12H16N2O2/c1-9(14-2)11-5-4-10(15-3)8-12(11)16-7-6-13/h4-5,8-9,14H,7H2,1-3H3. The zero-order valence-electron chi connectivity index (χ0n) is 9.78. The number of rotatable bonds is 5. The Kier molecular flexibility index (Phi) is 4.62. The van der Waals surface area contributed by atoms with Crippen LogP contribution in [0.25, 0.3) is 0 Å². The summed E-state index contributed by atoms with van der Waals surface area (Å²) in [7, 11) is 3.48. The molecule has 0 amide bonds. The van der Waals surface area contributed by atoms with Gasteiger partial charge < -0.3 is 14.8 Å². The van der Waals surface area contributed by atoms with Gasteiger partial charge in [-0.1, -0.05) is 6.07 Å². The molecule has 0 fully saturated rings. The predicted octanol–water partition coefficient (Wildman–Crippen LogP) is 1.88. The molecule has 0 radical (unpaired) electrons. The molecule has 1 rings (SSSR count). The lowest BCUT2D eigenvalue weighted by Crippen LogP contribution is -2.14. The van der Waals surface area contributed by atoms with Gasteiger partial charge in [-0.3, -0.25) is 0 Å². The van der Waals surface area contributed by atoms with Gasteiger partial charge in [0.05, 0.1) is 7.11 Å². The number of methoxy groups -OCH3 is 1. The van der Waals surface area contributed by atoms with E-state index in [1.807, 2.05) is 32.2 Å². The van der Waals surface area contributed by atoms with Gasteiger partial charge in [-0.15, -0.1) is 0 Å². The lowest BCUT2D eigenvalue weighted by atomic mass is 10.1. The topological polar surface area (TPSA) is 54.3 Å². The summed E-state index contributed by atoms with van der Waals surface area (Å²) in [6, 6.07) is 7.73. The fourth-order valence-electron chi connectivity index (χ4n) is 1.39. The van der Waals surface area contributed by atoms with Crippen LogP contribution in [0.15, 0.2) is 18.2 Å². The molecule has 4 heteroatoms. The molecular formula is C12H16N2O2. The summed E-state index contributed by atoms with van der Waals surface area (Å²) >= 11 is 0. The first kappa shape index (κ1) is 12.3. The molecule has 0 spiro atoms. The molecule has 16 heavy (non-hydrogen) atoms. The number of nitrogens with one attached hydrogen (secondary N) is 1.